The van der Waals surface area contributed by atoms with E-state index >= 15 is 0 Å². The zero-order valence-electron chi connectivity index (χ0n) is 19.1. The molecule has 2 heterocycles. The van der Waals surface area contributed by atoms with E-state index in [1.165, 1.54) is 83.6 Å². The van der Waals surface area contributed by atoms with Crippen molar-refractivity contribution < 1.29 is 4.74 Å². The number of fused-ring (bicyclic) bond motifs is 6. The van der Waals surface area contributed by atoms with E-state index < -0.39 is 0 Å². The molecule has 1 N–H and O–H groups in total. The molecule has 2 nitrogen and oxygen atoms in total. The maximum Gasteiger partial charge on any atom is 0.0740 e. The van der Waals surface area contributed by atoms with Crippen LogP contribution in [0, 0.1) is 35.0 Å². The molecule has 0 radical (unpaired) electrons. The summed E-state index contributed by atoms with van der Waals surface area (Å²) >= 11 is 0. The molecule has 2 saturated heterocycles. The molecule has 2 unspecified atom stereocenters. The topological polar surface area (TPSA) is 21.3 Å². The molecule has 2 aliphatic heterocycles. The molecule has 0 amide bonds. The number of hydrogen-bond donors (Lipinski definition) is 1. The second-order valence-corrected chi connectivity index (χ2v) is 12.5. The Labute approximate surface area is 178 Å². The van der Waals surface area contributed by atoms with Crippen molar-refractivity contribution in [1.29, 1.82) is 0 Å². The third-order valence-electron chi connectivity index (χ3n) is 10.9. The van der Waals surface area contributed by atoms with Gasteiger partial charge in [-0.3, -0.25) is 0 Å². The minimum Gasteiger partial charge on any atom is -0.370 e. The number of nitrogens with one attached hydrogen (secondary N) is 1. The predicted molar refractivity (Wildman–Crippen MR) is 119 cm³/mol. The largest absolute Gasteiger partial charge is 0.370 e. The first-order chi connectivity index (χ1) is 14.0. The van der Waals surface area contributed by atoms with Crippen molar-refractivity contribution in [3.63, 3.8) is 0 Å². The molecule has 6 rings (SSSR count). The average molecular weight is 398 g/mol. The number of piperidine rings is 1. The van der Waals surface area contributed by atoms with Crippen LogP contribution in [0.1, 0.15) is 97.8 Å². The average Bonchev–Trinajstić information content (AvgIpc) is 3.20. The maximum absolute atomic E-state index is 6.92. The van der Waals surface area contributed by atoms with E-state index in [0.717, 1.165) is 29.6 Å². The van der Waals surface area contributed by atoms with Gasteiger partial charge in [0, 0.05) is 6.04 Å². The van der Waals surface area contributed by atoms with Crippen molar-refractivity contribution in [2.75, 3.05) is 6.54 Å². The van der Waals surface area contributed by atoms with Crippen LogP contribution in [0.5, 0.6) is 0 Å². The number of allylic oxidation sites excluding steroid dienone is 1. The van der Waals surface area contributed by atoms with Crippen LogP contribution >= 0.6 is 0 Å². The Bertz CT molecular complexity index is 699. The minimum absolute atomic E-state index is 0.148. The van der Waals surface area contributed by atoms with E-state index in [0.29, 0.717) is 17.6 Å². The highest BCUT2D eigenvalue weighted by molar-refractivity contribution is 5.28. The van der Waals surface area contributed by atoms with Gasteiger partial charge in [0.15, 0.2) is 0 Å². The lowest BCUT2D eigenvalue weighted by Gasteiger charge is -2.52. The lowest BCUT2D eigenvalue weighted by atomic mass is 9.52. The normalized spacial score (nSPS) is 54.5. The zero-order valence-corrected chi connectivity index (χ0v) is 19.1. The van der Waals surface area contributed by atoms with E-state index in [4.69, 9.17) is 4.74 Å². The molecular weight excluding hydrogens is 354 g/mol. The fourth-order valence-electron chi connectivity index (χ4n) is 9.48. The van der Waals surface area contributed by atoms with Crippen molar-refractivity contribution in [1.82, 2.24) is 5.32 Å². The molecule has 2 heteroatoms. The Kier molecular flexibility index (Phi) is 4.56. The van der Waals surface area contributed by atoms with Crippen LogP contribution in [0.3, 0.4) is 0 Å². The van der Waals surface area contributed by atoms with Crippen LogP contribution in [0.25, 0.3) is 0 Å². The second kappa shape index (κ2) is 6.83. The van der Waals surface area contributed by atoms with Crippen LogP contribution in [-0.4, -0.2) is 24.3 Å². The SMILES string of the molecule is CC1=C2CC3[C@@H](CC[C@@H]4CCCC[C@]34C)C2CC[C@]2(C1)C[C@@H]1NC[C@@H](C)C[C@H]1O2. The minimum atomic E-state index is 0.148. The van der Waals surface area contributed by atoms with Gasteiger partial charge in [-0.05, 0) is 113 Å². The summed E-state index contributed by atoms with van der Waals surface area (Å²) in [7, 11) is 0. The standard InChI is InChI=1S/C27H43NO/c1-17-12-25-24(28-16-17)15-27(29-25)11-9-20-21-8-7-19-6-4-5-10-26(19,3)23(21)13-22(20)18(2)14-27/h17,19-21,23-25,28H,4-16H2,1-3H3/t17-,19-,20?,21-,23?,24-,25+,26-,27-/m0/s1. The summed E-state index contributed by atoms with van der Waals surface area (Å²) in [4.78, 5) is 0. The summed E-state index contributed by atoms with van der Waals surface area (Å²) in [5.41, 5.74) is 4.44. The Balaban J connectivity index is 1.26. The number of rotatable bonds is 0. The second-order valence-electron chi connectivity index (χ2n) is 12.5. The van der Waals surface area contributed by atoms with Crippen LogP contribution in [0.4, 0.5) is 0 Å². The van der Waals surface area contributed by atoms with Crippen molar-refractivity contribution in [2.24, 2.45) is 35.0 Å². The number of ether oxygens (including phenoxy) is 1. The molecule has 0 aromatic heterocycles. The zero-order chi connectivity index (χ0) is 19.8. The van der Waals surface area contributed by atoms with Crippen LogP contribution in [-0.2, 0) is 4.74 Å². The van der Waals surface area contributed by atoms with Gasteiger partial charge in [0.05, 0.1) is 11.7 Å². The van der Waals surface area contributed by atoms with Crippen LogP contribution in [0.15, 0.2) is 11.1 Å². The van der Waals surface area contributed by atoms with Gasteiger partial charge >= 0.3 is 0 Å². The fourth-order valence-corrected chi connectivity index (χ4v) is 9.48. The summed E-state index contributed by atoms with van der Waals surface area (Å²) in [6, 6.07) is 0.617. The molecule has 5 fully saturated rings. The maximum atomic E-state index is 6.92. The Morgan fingerprint density at radius 2 is 1.97 bits per heavy atom. The van der Waals surface area contributed by atoms with Gasteiger partial charge in [0.2, 0.25) is 0 Å². The molecule has 162 valence electrons. The van der Waals surface area contributed by atoms with Gasteiger partial charge in [-0.15, -0.1) is 0 Å². The van der Waals surface area contributed by atoms with Gasteiger partial charge in [-0.25, -0.2) is 0 Å². The Hall–Kier alpha value is -0.340. The predicted octanol–water partition coefficient (Wildman–Crippen LogP) is 6.26. The van der Waals surface area contributed by atoms with Gasteiger partial charge in [-0.1, -0.05) is 37.8 Å². The van der Waals surface area contributed by atoms with Crippen molar-refractivity contribution in [3.05, 3.63) is 11.1 Å². The molecule has 0 aromatic rings. The van der Waals surface area contributed by atoms with E-state index in [2.05, 4.69) is 26.1 Å². The van der Waals surface area contributed by atoms with Gasteiger partial charge in [-0.2, -0.15) is 0 Å². The van der Waals surface area contributed by atoms with Crippen molar-refractivity contribution in [2.45, 2.75) is 116 Å². The molecule has 1 spiro atoms. The van der Waals surface area contributed by atoms with Gasteiger partial charge < -0.3 is 10.1 Å². The summed E-state index contributed by atoms with van der Waals surface area (Å²) in [6.07, 6.45) is 17.4. The Morgan fingerprint density at radius 3 is 2.86 bits per heavy atom. The molecule has 3 saturated carbocycles. The molecule has 6 aliphatic rings. The van der Waals surface area contributed by atoms with Crippen molar-refractivity contribution >= 4 is 0 Å². The van der Waals surface area contributed by atoms with Gasteiger partial charge in [0.25, 0.3) is 0 Å². The van der Waals surface area contributed by atoms with E-state index in [1.54, 1.807) is 5.57 Å². The van der Waals surface area contributed by atoms with E-state index in [1.807, 2.05) is 5.57 Å². The van der Waals surface area contributed by atoms with Crippen molar-refractivity contribution in [3.8, 4) is 0 Å². The first-order valence-corrected chi connectivity index (χ1v) is 13.1. The monoisotopic (exact) mass is 397 g/mol. The highest BCUT2D eigenvalue weighted by Gasteiger charge is 2.57. The summed E-state index contributed by atoms with van der Waals surface area (Å²) in [5.74, 6) is 4.65. The third-order valence-corrected chi connectivity index (χ3v) is 10.9. The molecule has 0 bridgehead atoms. The summed E-state index contributed by atoms with van der Waals surface area (Å²) in [5, 5.41) is 3.83. The van der Waals surface area contributed by atoms with Crippen LogP contribution in [0.2, 0.25) is 0 Å². The van der Waals surface area contributed by atoms with E-state index in [9.17, 15) is 0 Å². The summed E-state index contributed by atoms with van der Waals surface area (Å²) in [6.45, 7) is 8.76. The third kappa shape index (κ3) is 2.94. The highest BCUT2D eigenvalue weighted by atomic mass is 16.5. The molecular formula is C27H43NO. The number of hydrogen-bond acceptors (Lipinski definition) is 2. The molecule has 9 atom stereocenters. The quantitative estimate of drug-likeness (QED) is 0.487. The lowest BCUT2D eigenvalue weighted by molar-refractivity contribution is -0.0641. The fraction of sp³-hybridized carbons (Fsp3) is 0.926. The first-order valence-electron chi connectivity index (χ1n) is 13.1. The smallest absolute Gasteiger partial charge is 0.0740 e. The highest BCUT2D eigenvalue weighted by Crippen LogP contribution is 2.64. The molecule has 0 aromatic carbocycles. The first kappa shape index (κ1) is 19.4. The molecule has 29 heavy (non-hydrogen) atoms. The van der Waals surface area contributed by atoms with E-state index in [-0.39, 0.29) is 5.60 Å². The molecule has 4 aliphatic carbocycles. The van der Waals surface area contributed by atoms with Crippen LogP contribution < -0.4 is 5.32 Å². The lowest BCUT2D eigenvalue weighted by Crippen LogP contribution is -2.45. The Morgan fingerprint density at radius 1 is 1.07 bits per heavy atom. The van der Waals surface area contributed by atoms with Gasteiger partial charge in [0.1, 0.15) is 0 Å². The summed E-state index contributed by atoms with van der Waals surface area (Å²) < 4.78 is 6.92.